The van der Waals surface area contributed by atoms with Crippen LogP contribution in [0, 0.1) is 3.70 Å². The fourth-order valence-electron chi connectivity index (χ4n) is 0.798. The number of hydrogen-bond donors (Lipinski definition) is 0. The van der Waals surface area contributed by atoms with Crippen LogP contribution in [0.5, 0.6) is 0 Å². The van der Waals surface area contributed by atoms with Gasteiger partial charge in [-0.25, -0.2) is 0 Å². The van der Waals surface area contributed by atoms with Crippen molar-refractivity contribution in [2.45, 2.75) is 6.54 Å². The zero-order chi connectivity index (χ0) is 9.14. The zero-order valence-corrected chi connectivity index (χ0v) is 10.8. The largest absolute Gasteiger partial charge is 0.308 e. The van der Waals surface area contributed by atoms with E-state index < -0.39 is 0 Å². The van der Waals surface area contributed by atoms with Crippen molar-refractivity contribution in [1.82, 2.24) is 14.7 Å². The minimum absolute atomic E-state index is 0.941. The molecular formula is C7H11BrIN3. The Balaban J connectivity index is 2.58. The predicted molar refractivity (Wildman–Crippen MR) is 61.2 cm³/mol. The predicted octanol–water partition coefficient (Wildman–Crippen LogP) is 1.81. The Bertz CT molecular complexity index is 259. The lowest BCUT2D eigenvalue weighted by Crippen LogP contribution is -2.19. The van der Waals surface area contributed by atoms with Crippen molar-refractivity contribution in [2.24, 2.45) is 0 Å². The monoisotopic (exact) mass is 343 g/mol. The van der Waals surface area contributed by atoms with Gasteiger partial charge in [0.1, 0.15) is 3.70 Å². The van der Waals surface area contributed by atoms with Gasteiger partial charge in [0.25, 0.3) is 0 Å². The first-order valence-corrected chi connectivity index (χ1v) is 5.50. The molecule has 1 heterocycles. The fourth-order valence-corrected chi connectivity index (χ4v) is 1.60. The van der Waals surface area contributed by atoms with Gasteiger partial charge in [-0.1, -0.05) is 0 Å². The molecule has 0 unspecified atom stereocenters. The quantitative estimate of drug-likeness (QED) is 0.780. The van der Waals surface area contributed by atoms with Gasteiger partial charge in [-0.3, -0.25) is 4.68 Å². The van der Waals surface area contributed by atoms with Gasteiger partial charge < -0.3 is 4.90 Å². The minimum atomic E-state index is 0.941. The Labute approximate surface area is 94.4 Å². The molecule has 0 aliphatic carbocycles. The van der Waals surface area contributed by atoms with Crippen LogP contribution in [-0.2, 0) is 6.54 Å². The highest BCUT2D eigenvalue weighted by molar-refractivity contribution is 14.1. The lowest BCUT2D eigenvalue weighted by Gasteiger charge is -2.09. The molecule has 0 aromatic carbocycles. The highest BCUT2D eigenvalue weighted by atomic mass is 127. The summed E-state index contributed by atoms with van der Waals surface area (Å²) in [6.45, 7) is 1.96. The van der Waals surface area contributed by atoms with E-state index in [1.807, 2.05) is 10.9 Å². The van der Waals surface area contributed by atoms with Crippen LogP contribution in [0.2, 0.25) is 0 Å². The highest BCUT2D eigenvalue weighted by Gasteiger charge is 2.04. The number of aromatic nitrogens is 2. The molecule has 3 nitrogen and oxygen atoms in total. The molecule has 0 radical (unpaired) electrons. The molecule has 0 spiro atoms. The van der Waals surface area contributed by atoms with Gasteiger partial charge >= 0.3 is 0 Å². The van der Waals surface area contributed by atoms with Crippen molar-refractivity contribution in [2.75, 3.05) is 20.6 Å². The van der Waals surface area contributed by atoms with E-state index in [4.69, 9.17) is 0 Å². The number of nitrogens with zero attached hydrogens (tertiary/aromatic N) is 3. The Morgan fingerprint density at radius 1 is 1.67 bits per heavy atom. The van der Waals surface area contributed by atoms with Crippen LogP contribution in [0.15, 0.2) is 10.7 Å². The third kappa shape index (κ3) is 2.70. The van der Waals surface area contributed by atoms with E-state index in [1.54, 1.807) is 0 Å². The fraction of sp³-hybridized carbons (Fsp3) is 0.571. The lowest BCUT2D eigenvalue weighted by atomic mass is 10.6. The van der Waals surface area contributed by atoms with E-state index in [-0.39, 0.29) is 0 Å². The van der Waals surface area contributed by atoms with Gasteiger partial charge in [0.15, 0.2) is 0 Å². The molecule has 1 rings (SSSR count). The first-order valence-electron chi connectivity index (χ1n) is 3.63. The van der Waals surface area contributed by atoms with E-state index in [0.717, 1.165) is 21.3 Å². The van der Waals surface area contributed by atoms with Crippen LogP contribution in [-0.4, -0.2) is 35.3 Å². The number of hydrogen-bond acceptors (Lipinski definition) is 2. The third-order valence-corrected chi connectivity index (χ3v) is 3.95. The summed E-state index contributed by atoms with van der Waals surface area (Å²) < 4.78 is 4.22. The molecule has 1 aromatic rings. The van der Waals surface area contributed by atoms with Crippen LogP contribution in [0.4, 0.5) is 0 Å². The van der Waals surface area contributed by atoms with Gasteiger partial charge in [0.05, 0.1) is 17.2 Å². The summed E-state index contributed by atoms with van der Waals surface area (Å²) in [6, 6.07) is 0. The summed E-state index contributed by atoms with van der Waals surface area (Å²) in [5.41, 5.74) is 0. The average Bonchev–Trinajstić information content (AvgIpc) is 2.30. The van der Waals surface area contributed by atoms with Crippen molar-refractivity contribution >= 4 is 38.5 Å². The van der Waals surface area contributed by atoms with Crippen LogP contribution < -0.4 is 0 Å². The maximum absolute atomic E-state index is 4.22. The second-order valence-corrected chi connectivity index (χ2v) is 4.69. The summed E-state index contributed by atoms with van der Waals surface area (Å²) in [6.07, 6.45) is 1.83. The zero-order valence-electron chi connectivity index (χ0n) is 7.09. The highest BCUT2D eigenvalue weighted by Crippen LogP contribution is 2.17. The first-order chi connectivity index (χ1) is 5.61. The third-order valence-electron chi connectivity index (χ3n) is 1.49. The molecule has 0 atom stereocenters. The summed E-state index contributed by atoms with van der Waals surface area (Å²) >= 11 is 5.70. The normalized spacial score (nSPS) is 11.1. The molecule has 1 aromatic heterocycles. The SMILES string of the molecule is CN(C)CCn1ncc(Br)c1I. The standard InChI is InChI=1S/C7H11BrIN3/c1-11(2)3-4-12-7(9)6(8)5-10-12/h5H,3-4H2,1-2H3. The molecule has 68 valence electrons. The summed E-state index contributed by atoms with van der Waals surface area (Å²) in [4.78, 5) is 2.14. The summed E-state index contributed by atoms with van der Waals surface area (Å²) in [5, 5.41) is 4.22. The smallest absolute Gasteiger partial charge is 0.113 e. The van der Waals surface area contributed by atoms with E-state index in [1.165, 1.54) is 0 Å². The van der Waals surface area contributed by atoms with Gasteiger partial charge in [0.2, 0.25) is 0 Å². The molecule has 0 aliphatic rings. The van der Waals surface area contributed by atoms with Crippen molar-refractivity contribution in [3.63, 3.8) is 0 Å². The minimum Gasteiger partial charge on any atom is -0.308 e. The van der Waals surface area contributed by atoms with Crippen LogP contribution in [0.3, 0.4) is 0 Å². The Morgan fingerprint density at radius 2 is 2.33 bits per heavy atom. The molecule has 0 saturated carbocycles. The topological polar surface area (TPSA) is 21.1 Å². The van der Waals surface area contributed by atoms with Crippen LogP contribution >= 0.6 is 38.5 Å². The van der Waals surface area contributed by atoms with Crippen molar-refractivity contribution in [3.8, 4) is 0 Å². The molecule has 5 heteroatoms. The lowest BCUT2D eigenvalue weighted by molar-refractivity contribution is 0.371. The van der Waals surface area contributed by atoms with E-state index in [0.29, 0.717) is 0 Å². The van der Waals surface area contributed by atoms with Crippen molar-refractivity contribution in [1.29, 1.82) is 0 Å². The van der Waals surface area contributed by atoms with Gasteiger partial charge in [-0.15, -0.1) is 0 Å². The van der Waals surface area contributed by atoms with E-state index in [9.17, 15) is 0 Å². The van der Waals surface area contributed by atoms with Crippen molar-refractivity contribution < 1.29 is 0 Å². The molecule has 12 heavy (non-hydrogen) atoms. The molecular weight excluding hydrogens is 333 g/mol. The van der Waals surface area contributed by atoms with Crippen LogP contribution in [0.1, 0.15) is 0 Å². The van der Waals surface area contributed by atoms with Gasteiger partial charge in [-0.2, -0.15) is 5.10 Å². The second kappa shape index (κ2) is 4.57. The molecule has 0 fully saturated rings. The van der Waals surface area contributed by atoms with Crippen molar-refractivity contribution in [3.05, 3.63) is 14.4 Å². The summed E-state index contributed by atoms with van der Waals surface area (Å²) in [7, 11) is 4.12. The number of halogens is 2. The van der Waals surface area contributed by atoms with Crippen LogP contribution in [0.25, 0.3) is 0 Å². The van der Waals surface area contributed by atoms with E-state index in [2.05, 4.69) is 62.6 Å². The number of rotatable bonds is 3. The molecule has 0 N–H and O–H groups in total. The maximum Gasteiger partial charge on any atom is 0.113 e. The maximum atomic E-state index is 4.22. The second-order valence-electron chi connectivity index (χ2n) is 2.81. The first kappa shape index (κ1) is 10.5. The van der Waals surface area contributed by atoms with E-state index >= 15 is 0 Å². The Morgan fingerprint density at radius 3 is 2.75 bits per heavy atom. The molecule has 0 aliphatic heterocycles. The molecule has 0 bridgehead atoms. The molecule has 0 saturated heterocycles. The Kier molecular flexibility index (Phi) is 3.98. The molecule has 0 amide bonds. The number of likely N-dealkylation sites (N-methyl/N-ethyl adjacent to an activating group) is 1. The Hall–Kier alpha value is 0.380. The summed E-state index contributed by atoms with van der Waals surface area (Å²) in [5.74, 6) is 0. The van der Waals surface area contributed by atoms with Gasteiger partial charge in [0, 0.05) is 6.54 Å². The van der Waals surface area contributed by atoms with Gasteiger partial charge in [-0.05, 0) is 52.6 Å². The average molecular weight is 344 g/mol.